The lowest BCUT2D eigenvalue weighted by molar-refractivity contribution is 0.111. The number of hydrogen-bond acceptors (Lipinski definition) is 4. The van der Waals surface area contributed by atoms with Crippen LogP contribution in [-0.4, -0.2) is 54.1 Å². The highest BCUT2D eigenvalue weighted by Gasteiger charge is 2.07. The standard InChI is InChI=1S/C7H15NO2.C6H6O2/c1-4-8(5-2)7(9)10-6-3;7-5-3-1-2-4-6-8/h4-6H2,1-3H3;7-8H,5-6H2. The Bertz CT molecular complexity index is 295. The van der Waals surface area contributed by atoms with Crippen molar-refractivity contribution in [1.82, 2.24) is 4.90 Å². The molecule has 5 nitrogen and oxygen atoms in total. The van der Waals surface area contributed by atoms with Crippen LogP contribution in [0, 0.1) is 23.7 Å². The molecule has 1 amide bonds. The second-order valence-corrected chi connectivity index (χ2v) is 2.79. The summed E-state index contributed by atoms with van der Waals surface area (Å²) in [5.41, 5.74) is 0. The van der Waals surface area contributed by atoms with Crippen molar-refractivity contribution in [3.63, 3.8) is 0 Å². The number of amides is 1. The number of carbonyl (C=O) groups is 1. The van der Waals surface area contributed by atoms with Crippen LogP contribution in [0.1, 0.15) is 20.8 Å². The Hall–Kier alpha value is -1.69. The average molecular weight is 255 g/mol. The van der Waals surface area contributed by atoms with Crippen LogP contribution in [0.4, 0.5) is 4.79 Å². The van der Waals surface area contributed by atoms with Crippen LogP contribution in [0.25, 0.3) is 0 Å². The minimum Gasteiger partial charge on any atom is -0.450 e. The van der Waals surface area contributed by atoms with E-state index < -0.39 is 0 Å². The van der Waals surface area contributed by atoms with Gasteiger partial charge in [-0.05, 0) is 32.6 Å². The molecule has 0 saturated heterocycles. The maximum atomic E-state index is 10.9. The van der Waals surface area contributed by atoms with Crippen molar-refractivity contribution in [1.29, 1.82) is 0 Å². The minimum atomic E-state index is -0.215. The van der Waals surface area contributed by atoms with Gasteiger partial charge in [0.25, 0.3) is 0 Å². The number of carbonyl (C=O) groups excluding carboxylic acids is 1. The lowest BCUT2D eigenvalue weighted by atomic mass is 10.5. The highest BCUT2D eigenvalue weighted by atomic mass is 16.6. The van der Waals surface area contributed by atoms with Crippen molar-refractivity contribution < 1.29 is 19.7 Å². The second kappa shape index (κ2) is 15.3. The van der Waals surface area contributed by atoms with E-state index in [0.29, 0.717) is 6.61 Å². The van der Waals surface area contributed by atoms with Gasteiger partial charge < -0.3 is 19.8 Å². The highest BCUT2D eigenvalue weighted by molar-refractivity contribution is 5.67. The Balaban J connectivity index is 0. The van der Waals surface area contributed by atoms with Crippen molar-refractivity contribution in [3.8, 4) is 23.7 Å². The van der Waals surface area contributed by atoms with Gasteiger partial charge in [0.15, 0.2) is 0 Å². The van der Waals surface area contributed by atoms with Crippen LogP contribution in [0.5, 0.6) is 0 Å². The average Bonchev–Trinajstić information content (AvgIpc) is 2.37. The van der Waals surface area contributed by atoms with E-state index in [0.717, 1.165) is 13.1 Å². The number of hydrogen-bond donors (Lipinski definition) is 2. The third-order valence-electron chi connectivity index (χ3n) is 1.69. The van der Waals surface area contributed by atoms with Gasteiger partial charge in [-0.1, -0.05) is 11.8 Å². The number of aliphatic hydroxyl groups is 2. The molecular weight excluding hydrogens is 234 g/mol. The Morgan fingerprint density at radius 1 is 1.06 bits per heavy atom. The predicted molar refractivity (Wildman–Crippen MR) is 69.7 cm³/mol. The van der Waals surface area contributed by atoms with E-state index in [1.165, 1.54) is 0 Å². The Kier molecular flexibility index (Phi) is 15.9. The molecule has 0 aromatic carbocycles. The first-order valence-electron chi connectivity index (χ1n) is 5.76. The molecule has 0 bridgehead atoms. The molecule has 2 N–H and O–H groups in total. The summed E-state index contributed by atoms with van der Waals surface area (Å²) < 4.78 is 4.77. The van der Waals surface area contributed by atoms with Crippen LogP contribution in [0.3, 0.4) is 0 Å². The maximum Gasteiger partial charge on any atom is 0.409 e. The van der Waals surface area contributed by atoms with Gasteiger partial charge in [-0.3, -0.25) is 0 Å². The van der Waals surface area contributed by atoms with Crippen molar-refractivity contribution in [2.24, 2.45) is 0 Å². The topological polar surface area (TPSA) is 70.0 Å². The zero-order chi connectivity index (χ0) is 14.2. The summed E-state index contributed by atoms with van der Waals surface area (Å²) in [6.07, 6.45) is -0.215. The summed E-state index contributed by atoms with van der Waals surface area (Å²) in [7, 11) is 0. The van der Waals surface area contributed by atoms with Gasteiger partial charge in [0, 0.05) is 13.1 Å². The van der Waals surface area contributed by atoms with Gasteiger partial charge >= 0.3 is 6.09 Å². The van der Waals surface area contributed by atoms with Gasteiger partial charge in [0.05, 0.1) is 6.61 Å². The van der Waals surface area contributed by atoms with Crippen LogP contribution in [-0.2, 0) is 4.74 Å². The van der Waals surface area contributed by atoms with E-state index in [9.17, 15) is 4.79 Å². The molecule has 0 rings (SSSR count). The number of ether oxygens (including phenoxy) is 1. The predicted octanol–water partition coefficient (Wildman–Crippen LogP) is 0.463. The Morgan fingerprint density at radius 2 is 1.50 bits per heavy atom. The quantitative estimate of drug-likeness (QED) is 0.719. The van der Waals surface area contributed by atoms with Gasteiger partial charge in [0.1, 0.15) is 13.2 Å². The molecule has 0 atom stereocenters. The van der Waals surface area contributed by atoms with E-state index in [1.807, 2.05) is 13.8 Å². The molecule has 18 heavy (non-hydrogen) atoms. The summed E-state index contributed by atoms with van der Waals surface area (Å²) in [6, 6.07) is 0. The molecule has 5 heteroatoms. The van der Waals surface area contributed by atoms with Gasteiger partial charge in [-0.15, -0.1) is 0 Å². The van der Waals surface area contributed by atoms with E-state index in [1.54, 1.807) is 11.8 Å². The zero-order valence-electron chi connectivity index (χ0n) is 11.2. The molecule has 0 spiro atoms. The normalized spacial score (nSPS) is 7.61. The lowest BCUT2D eigenvalue weighted by Crippen LogP contribution is -2.30. The molecule has 0 aliphatic carbocycles. The third kappa shape index (κ3) is 12.4. The first-order valence-corrected chi connectivity index (χ1v) is 5.76. The SMILES string of the molecule is CCOC(=O)N(CC)CC.OCC#CC#CCO. The van der Waals surface area contributed by atoms with Crippen LogP contribution < -0.4 is 0 Å². The maximum absolute atomic E-state index is 10.9. The molecule has 0 fully saturated rings. The van der Waals surface area contributed by atoms with Crippen molar-refractivity contribution in [2.45, 2.75) is 20.8 Å². The van der Waals surface area contributed by atoms with E-state index in [2.05, 4.69) is 23.7 Å². The van der Waals surface area contributed by atoms with E-state index in [-0.39, 0.29) is 19.3 Å². The molecule has 0 unspecified atom stereocenters. The van der Waals surface area contributed by atoms with Gasteiger partial charge in [0.2, 0.25) is 0 Å². The number of nitrogens with zero attached hydrogens (tertiary/aromatic N) is 1. The molecule has 0 saturated carbocycles. The van der Waals surface area contributed by atoms with E-state index in [4.69, 9.17) is 14.9 Å². The van der Waals surface area contributed by atoms with Crippen molar-refractivity contribution in [3.05, 3.63) is 0 Å². The molecular formula is C13H21NO4. The molecule has 0 heterocycles. The summed E-state index contributed by atoms with van der Waals surface area (Å²) in [5, 5.41) is 16.1. The fraction of sp³-hybridized carbons (Fsp3) is 0.615. The molecule has 0 aliphatic rings. The smallest absolute Gasteiger partial charge is 0.409 e. The summed E-state index contributed by atoms with van der Waals surface area (Å²) in [4.78, 5) is 12.6. The molecule has 102 valence electrons. The molecule has 0 radical (unpaired) electrons. The van der Waals surface area contributed by atoms with E-state index >= 15 is 0 Å². The van der Waals surface area contributed by atoms with Gasteiger partial charge in [-0.2, -0.15) is 0 Å². The highest BCUT2D eigenvalue weighted by Crippen LogP contribution is 1.91. The molecule has 0 aromatic rings. The van der Waals surface area contributed by atoms with Crippen molar-refractivity contribution >= 4 is 6.09 Å². The summed E-state index contributed by atoms with van der Waals surface area (Å²) >= 11 is 0. The summed E-state index contributed by atoms with van der Waals surface area (Å²) in [5.74, 6) is 9.24. The lowest BCUT2D eigenvalue weighted by Gasteiger charge is -2.16. The van der Waals surface area contributed by atoms with Gasteiger partial charge in [-0.25, -0.2) is 4.79 Å². The molecule has 0 aliphatic heterocycles. The monoisotopic (exact) mass is 255 g/mol. The van der Waals surface area contributed by atoms with Crippen LogP contribution in [0.2, 0.25) is 0 Å². The Labute approximate surface area is 109 Å². The van der Waals surface area contributed by atoms with Crippen LogP contribution >= 0.6 is 0 Å². The van der Waals surface area contributed by atoms with Crippen LogP contribution in [0.15, 0.2) is 0 Å². The molecule has 0 aromatic heterocycles. The summed E-state index contributed by atoms with van der Waals surface area (Å²) in [6.45, 7) is 7.20. The minimum absolute atomic E-state index is 0.180. The van der Waals surface area contributed by atoms with Crippen molar-refractivity contribution in [2.75, 3.05) is 32.9 Å². The largest absolute Gasteiger partial charge is 0.450 e. The first-order chi connectivity index (χ1) is 8.67. The Morgan fingerprint density at radius 3 is 1.78 bits per heavy atom. The number of rotatable bonds is 3. The number of aliphatic hydroxyl groups excluding tert-OH is 2. The fourth-order valence-corrected chi connectivity index (χ4v) is 0.864. The first kappa shape index (κ1) is 18.7. The second-order valence-electron chi connectivity index (χ2n) is 2.79. The zero-order valence-corrected chi connectivity index (χ0v) is 11.2. The fourth-order valence-electron chi connectivity index (χ4n) is 0.864. The third-order valence-corrected chi connectivity index (χ3v) is 1.69.